The van der Waals surface area contributed by atoms with Crippen molar-refractivity contribution in [3.8, 4) is 17.1 Å². The molecule has 0 atom stereocenters. The minimum absolute atomic E-state index is 0.109. The number of aromatic hydroxyl groups is 1. The predicted molar refractivity (Wildman–Crippen MR) is 110 cm³/mol. The number of phenols is 1. The molecule has 0 aliphatic rings. The van der Waals surface area contributed by atoms with Crippen molar-refractivity contribution in [2.75, 3.05) is 18.5 Å². The van der Waals surface area contributed by atoms with E-state index < -0.39 is 0 Å². The molecule has 0 saturated carbocycles. The maximum Gasteiger partial charge on any atom is 0.165 e. The second-order valence-electron chi connectivity index (χ2n) is 6.58. The Morgan fingerprint density at radius 3 is 2.71 bits per heavy atom. The van der Waals surface area contributed by atoms with Gasteiger partial charge in [0.15, 0.2) is 5.82 Å². The Labute approximate surface area is 166 Å². The van der Waals surface area contributed by atoms with Crippen LogP contribution in [0.2, 0.25) is 0 Å². The van der Waals surface area contributed by atoms with E-state index in [2.05, 4.69) is 15.0 Å². The van der Waals surface area contributed by atoms with Crippen LogP contribution in [0.25, 0.3) is 22.3 Å². The van der Waals surface area contributed by atoms with Gasteiger partial charge in [0.25, 0.3) is 0 Å². The summed E-state index contributed by atoms with van der Waals surface area (Å²) in [6, 6.07) is 11.4. The third-order valence-electron chi connectivity index (χ3n) is 4.66. The predicted octanol–water partition coefficient (Wildman–Crippen LogP) is 4.59. The van der Waals surface area contributed by atoms with Gasteiger partial charge in [-0.25, -0.2) is 19.3 Å². The molecule has 142 valence electrons. The molecule has 28 heavy (non-hydrogen) atoms. The molecule has 7 heteroatoms. The molecule has 0 amide bonds. The van der Waals surface area contributed by atoms with E-state index in [0.29, 0.717) is 34.7 Å². The molecule has 0 aliphatic heterocycles. The molecular formula is C21H19FN4OS. The Bertz CT molecular complexity index is 1140. The van der Waals surface area contributed by atoms with Gasteiger partial charge in [0.05, 0.1) is 22.3 Å². The van der Waals surface area contributed by atoms with Crippen LogP contribution in [-0.4, -0.2) is 33.7 Å². The van der Waals surface area contributed by atoms with Crippen molar-refractivity contribution < 1.29 is 9.50 Å². The monoisotopic (exact) mass is 394 g/mol. The summed E-state index contributed by atoms with van der Waals surface area (Å²) in [6.07, 6.45) is 0.819. The normalized spacial score (nSPS) is 11.1. The summed E-state index contributed by atoms with van der Waals surface area (Å²) in [4.78, 5) is 16.7. The Kier molecular flexibility index (Phi) is 4.92. The van der Waals surface area contributed by atoms with E-state index in [1.807, 2.05) is 30.4 Å². The number of hydrogen-bond acceptors (Lipinski definition) is 6. The number of hydrogen-bond donors (Lipinski definition) is 1. The number of phenolic OH excluding ortho intramolecular Hbond substituents is 1. The van der Waals surface area contributed by atoms with E-state index in [-0.39, 0.29) is 11.6 Å². The minimum Gasteiger partial charge on any atom is -0.507 e. The average Bonchev–Trinajstić information content (AvgIpc) is 3.10. The van der Waals surface area contributed by atoms with E-state index in [0.717, 1.165) is 12.1 Å². The lowest BCUT2D eigenvalue weighted by molar-refractivity contribution is 0.477. The minimum atomic E-state index is -0.334. The number of para-hydroxylation sites is 1. The third-order valence-corrected chi connectivity index (χ3v) is 5.66. The molecule has 0 saturated heterocycles. The van der Waals surface area contributed by atoms with E-state index in [1.54, 1.807) is 35.6 Å². The first-order valence-electron chi connectivity index (χ1n) is 8.88. The van der Waals surface area contributed by atoms with Crippen molar-refractivity contribution in [3.63, 3.8) is 0 Å². The molecular weight excluding hydrogens is 375 g/mol. The Balaban J connectivity index is 1.77. The summed E-state index contributed by atoms with van der Waals surface area (Å²) < 4.78 is 13.9. The van der Waals surface area contributed by atoms with E-state index in [4.69, 9.17) is 0 Å². The average molecular weight is 394 g/mol. The van der Waals surface area contributed by atoms with Gasteiger partial charge in [0.1, 0.15) is 17.4 Å². The molecule has 1 N–H and O–H groups in total. The van der Waals surface area contributed by atoms with E-state index in [1.165, 1.54) is 17.0 Å². The molecule has 2 aromatic heterocycles. The summed E-state index contributed by atoms with van der Waals surface area (Å²) in [5.74, 6) is 0.815. The van der Waals surface area contributed by atoms with Gasteiger partial charge in [-0.05, 0) is 37.3 Å². The van der Waals surface area contributed by atoms with Crippen LogP contribution in [0.5, 0.6) is 5.75 Å². The lowest BCUT2D eigenvalue weighted by Crippen LogP contribution is -2.22. The van der Waals surface area contributed by atoms with Crippen molar-refractivity contribution in [1.29, 1.82) is 0 Å². The number of benzene rings is 2. The summed E-state index contributed by atoms with van der Waals surface area (Å²) in [5, 5.41) is 10.9. The smallest absolute Gasteiger partial charge is 0.165 e. The largest absolute Gasteiger partial charge is 0.507 e. The quantitative estimate of drug-likeness (QED) is 0.537. The van der Waals surface area contributed by atoms with Crippen molar-refractivity contribution in [3.05, 3.63) is 64.4 Å². The number of fused-ring (bicyclic) bond motifs is 1. The van der Waals surface area contributed by atoms with Gasteiger partial charge >= 0.3 is 0 Å². The molecule has 0 aliphatic carbocycles. The molecule has 2 heterocycles. The van der Waals surface area contributed by atoms with Crippen molar-refractivity contribution in [2.45, 2.75) is 13.3 Å². The van der Waals surface area contributed by atoms with Crippen LogP contribution in [-0.2, 0) is 6.42 Å². The van der Waals surface area contributed by atoms with Crippen LogP contribution in [0.4, 0.5) is 10.2 Å². The van der Waals surface area contributed by atoms with Gasteiger partial charge in [0, 0.05) is 30.3 Å². The van der Waals surface area contributed by atoms with Crippen LogP contribution in [0.3, 0.4) is 0 Å². The lowest BCUT2D eigenvalue weighted by Gasteiger charge is -2.20. The zero-order chi connectivity index (χ0) is 19.7. The highest BCUT2D eigenvalue weighted by Crippen LogP contribution is 2.31. The fourth-order valence-electron chi connectivity index (χ4n) is 3.10. The lowest BCUT2D eigenvalue weighted by atomic mass is 10.1. The molecule has 0 unspecified atom stereocenters. The fraction of sp³-hybridized carbons (Fsp3) is 0.190. The Morgan fingerprint density at radius 2 is 1.96 bits per heavy atom. The van der Waals surface area contributed by atoms with Crippen LogP contribution in [0, 0.1) is 12.7 Å². The van der Waals surface area contributed by atoms with Gasteiger partial charge < -0.3 is 10.0 Å². The number of nitrogens with zero attached hydrogens (tertiary/aromatic N) is 4. The van der Waals surface area contributed by atoms with Gasteiger partial charge in [-0.3, -0.25) is 0 Å². The van der Waals surface area contributed by atoms with Gasteiger partial charge in [-0.2, -0.15) is 0 Å². The van der Waals surface area contributed by atoms with Gasteiger partial charge in [0.2, 0.25) is 0 Å². The summed E-state index contributed by atoms with van der Waals surface area (Å²) in [5.41, 5.74) is 4.05. The molecule has 0 radical (unpaired) electrons. The first-order valence-corrected chi connectivity index (χ1v) is 9.76. The number of likely N-dealkylation sites (N-methyl/N-ethyl adjacent to an activating group) is 1. The molecule has 0 spiro atoms. The molecule has 4 aromatic rings. The highest BCUT2D eigenvalue weighted by Gasteiger charge is 2.16. The SMILES string of the molecule is Cc1ncsc1CCN(C)c1nc(-c2ccccc2O)nc2ccc(F)cc12. The third kappa shape index (κ3) is 3.53. The number of thiazole rings is 1. The topological polar surface area (TPSA) is 62.1 Å². The second kappa shape index (κ2) is 7.52. The maximum atomic E-state index is 13.9. The standard InChI is InChI=1S/C21H19FN4OS/c1-13-19(28-12-23-13)9-10-26(2)21-16-11-14(22)7-8-17(16)24-20(25-21)15-5-3-4-6-18(15)27/h3-8,11-12,27H,9-10H2,1-2H3. The number of aromatic nitrogens is 3. The van der Waals surface area contributed by atoms with Crippen LogP contribution in [0.15, 0.2) is 48.0 Å². The van der Waals surface area contributed by atoms with Crippen LogP contribution >= 0.6 is 11.3 Å². The number of anilines is 1. The van der Waals surface area contributed by atoms with Crippen molar-refractivity contribution in [1.82, 2.24) is 15.0 Å². The highest BCUT2D eigenvalue weighted by molar-refractivity contribution is 7.09. The summed E-state index contributed by atoms with van der Waals surface area (Å²) in [6.45, 7) is 2.70. The molecule has 2 aromatic carbocycles. The van der Waals surface area contributed by atoms with E-state index in [9.17, 15) is 9.50 Å². The number of rotatable bonds is 5. The number of halogens is 1. The number of aryl methyl sites for hydroxylation is 1. The van der Waals surface area contributed by atoms with Crippen molar-refractivity contribution in [2.24, 2.45) is 0 Å². The first kappa shape index (κ1) is 18.3. The van der Waals surface area contributed by atoms with Crippen molar-refractivity contribution >= 4 is 28.1 Å². The Morgan fingerprint density at radius 1 is 1.14 bits per heavy atom. The van der Waals surface area contributed by atoms with Crippen LogP contribution < -0.4 is 4.90 Å². The van der Waals surface area contributed by atoms with Crippen LogP contribution in [0.1, 0.15) is 10.6 Å². The van der Waals surface area contributed by atoms with E-state index >= 15 is 0 Å². The summed E-state index contributed by atoms with van der Waals surface area (Å²) >= 11 is 1.63. The first-order chi connectivity index (χ1) is 13.5. The second-order valence-corrected chi connectivity index (χ2v) is 7.52. The summed E-state index contributed by atoms with van der Waals surface area (Å²) in [7, 11) is 1.93. The molecule has 4 rings (SSSR count). The molecule has 5 nitrogen and oxygen atoms in total. The zero-order valence-electron chi connectivity index (χ0n) is 15.6. The maximum absolute atomic E-state index is 13.9. The fourth-order valence-corrected chi connectivity index (χ4v) is 3.87. The zero-order valence-corrected chi connectivity index (χ0v) is 16.4. The van der Waals surface area contributed by atoms with Gasteiger partial charge in [-0.1, -0.05) is 12.1 Å². The Hall–Kier alpha value is -3.06. The highest BCUT2D eigenvalue weighted by atomic mass is 32.1. The molecule has 0 fully saturated rings. The van der Waals surface area contributed by atoms with Gasteiger partial charge in [-0.15, -0.1) is 11.3 Å². The molecule has 0 bridgehead atoms.